The highest BCUT2D eigenvalue weighted by Gasteiger charge is 2.70. The van der Waals surface area contributed by atoms with Crippen LogP contribution in [0.15, 0.2) is 12.2 Å². The molecule has 4 aliphatic carbocycles. The van der Waals surface area contributed by atoms with E-state index in [1.807, 2.05) is 6.92 Å². The maximum Gasteiger partial charge on any atom is 0.0884 e. The number of fused-ring (bicyclic) bond motifs is 5. The Morgan fingerprint density at radius 1 is 0.844 bits per heavy atom. The van der Waals surface area contributed by atoms with Crippen LogP contribution in [0.4, 0.5) is 0 Å². The minimum Gasteiger partial charge on any atom is -0.396 e. The van der Waals surface area contributed by atoms with Gasteiger partial charge in [-0.25, -0.2) is 0 Å². The van der Waals surface area contributed by atoms with Crippen LogP contribution in [0.25, 0.3) is 0 Å². The van der Waals surface area contributed by atoms with E-state index in [0.29, 0.717) is 27.6 Å². The van der Waals surface area contributed by atoms with E-state index in [9.17, 15) is 10.2 Å². The van der Waals surface area contributed by atoms with Gasteiger partial charge in [-0.15, -0.1) is 0 Å². The van der Waals surface area contributed by atoms with Crippen molar-refractivity contribution in [3.8, 4) is 0 Å². The predicted molar refractivity (Wildman–Crippen MR) is 134 cm³/mol. The Hall–Kier alpha value is -0.340. The van der Waals surface area contributed by atoms with E-state index in [1.165, 1.54) is 44.9 Å². The van der Waals surface area contributed by atoms with Gasteiger partial charge in [-0.05, 0) is 128 Å². The Bertz CT molecular complexity index is 756. The lowest BCUT2D eigenvalue weighted by molar-refractivity contribution is -0.257. The summed E-state index contributed by atoms with van der Waals surface area (Å²) in [5, 5.41) is 21.6. The normalized spacial score (nSPS) is 52.5. The molecule has 2 heteroatoms. The lowest BCUT2D eigenvalue weighted by atomic mass is 9.31. The largest absolute Gasteiger partial charge is 0.396 e. The zero-order chi connectivity index (χ0) is 23.8. The van der Waals surface area contributed by atoms with E-state index in [4.69, 9.17) is 0 Å². The Balaban J connectivity index is 1.76. The Morgan fingerprint density at radius 2 is 1.44 bits per heavy atom. The van der Waals surface area contributed by atoms with E-state index in [0.717, 1.165) is 37.2 Å². The van der Waals surface area contributed by atoms with Crippen LogP contribution in [-0.4, -0.2) is 22.4 Å². The van der Waals surface area contributed by atoms with Crippen molar-refractivity contribution in [1.82, 2.24) is 0 Å². The zero-order valence-corrected chi connectivity index (χ0v) is 22.3. The Labute approximate surface area is 198 Å². The van der Waals surface area contributed by atoms with Crippen LogP contribution < -0.4 is 0 Å². The zero-order valence-electron chi connectivity index (χ0n) is 22.3. The third-order valence-corrected chi connectivity index (χ3v) is 12.6. The first-order valence-electron chi connectivity index (χ1n) is 13.7. The van der Waals surface area contributed by atoms with Crippen molar-refractivity contribution in [3.05, 3.63) is 12.2 Å². The molecule has 0 saturated heterocycles. The first kappa shape index (κ1) is 24.8. The van der Waals surface area contributed by atoms with Gasteiger partial charge in [0, 0.05) is 6.61 Å². The number of rotatable bonds is 4. The quantitative estimate of drug-likeness (QED) is 0.440. The summed E-state index contributed by atoms with van der Waals surface area (Å²) in [5.74, 6) is 1.66. The van der Waals surface area contributed by atoms with Crippen LogP contribution >= 0.6 is 0 Å². The first-order valence-corrected chi connectivity index (χ1v) is 13.7. The average molecular weight is 445 g/mol. The number of hydrogen-bond acceptors (Lipinski definition) is 2. The molecule has 4 saturated carbocycles. The highest BCUT2D eigenvalue weighted by Crippen LogP contribution is 2.77. The fourth-order valence-corrected chi connectivity index (χ4v) is 10.2. The molecule has 0 radical (unpaired) electrons. The number of aliphatic hydroxyl groups is 2. The summed E-state index contributed by atoms with van der Waals surface area (Å²) in [6.45, 7) is 22.0. The molecule has 8 atom stereocenters. The van der Waals surface area contributed by atoms with Crippen molar-refractivity contribution in [2.45, 2.75) is 125 Å². The maximum absolute atomic E-state index is 11.9. The van der Waals surface area contributed by atoms with E-state index < -0.39 is 5.60 Å². The van der Waals surface area contributed by atoms with Gasteiger partial charge in [0.25, 0.3) is 0 Å². The first-order chi connectivity index (χ1) is 14.7. The van der Waals surface area contributed by atoms with Gasteiger partial charge >= 0.3 is 0 Å². The number of aliphatic hydroxyl groups excluding tert-OH is 1. The summed E-state index contributed by atoms with van der Waals surface area (Å²) >= 11 is 0. The molecule has 2 nitrogen and oxygen atoms in total. The molecule has 0 aliphatic heterocycles. The monoisotopic (exact) mass is 444 g/mol. The van der Waals surface area contributed by atoms with Crippen molar-refractivity contribution in [2.24, 2.45) is 44.8 Å². The molecule has 0 bridgehead atoms. The summed E-state index contributed by atoms with van der Waals surface area (Å²) in [4.78, 5) is 0. The molecular weight excluding hydrogens is 392 g/mol. The van der Waals surface area contributed by atoms with Gasteiger partial charge in [0.1, 0.15) is 0 Å². The molecule has 0 unspecified atom stereocenters. The fraction of sp³-hybridized carbons (Fsp3) is 0.933. The second kappa shape index (κ2) is 7.58. The molecule has 32 heavy (non-hydrogen) atoms. The van der Waals surface area contributed by atoms with Crippen LogP contribution in [0.3, 0.4) is 0 Å². The fourth-order valence-electron chi connectivity index (χ4n) is 10.2. The van der Waals surface area contributed by atoms with Crippen LogP contribution in [0, 0.1) is 44.8 Å². The maximum atomic E-state index is 11.9. The minimum atomic E-state index is -0.777. The molecule has 0 aromatic carbocycles. The van der Waals surface area contributed by atoms with Crippen molar-refractivity contribution < 1.29 is 10.2 Å². The summed E-state index contributed by atoms with van der Waals surface area (Å²) in [6, 6.07) is 0. The van der Waals surface area contributed by atoms with E-state index in [1.54, 1.807) is 0 Å². The molecule has 0 aromatic rings. The lowest BCUT2D eigenvalue weighted by Crippen LogP contribution is -2.68. The number of hydrogen-bond donors (Lipinski definition) is 2. The van der Waals surface area contributed by atoms with E-state index in [2.05, 4.69) is 48.1 Å². The molecule has 4 rings (SSSR count). The topological polar surface area (TPSA) is 40.5 Å². The average Bonchev–Trinajstić information content (AvgIpc) is 2.71. The predicted octanol–water partition coefficient (Wildman–Crippen LogP) is 7.53. The highest BCUT2D eigenvalue weighted by molar-refractivity contribution is 5.24. The second-order valence-corrected chi connectivity index (χ2v) is 14.6. The van der Waals surface area contributed by atoms with Gasteiger partial charge in [0.2, 0.25) is 0 Å². The van der Waals surface area contributed by atoms with Crippen LogP contribution in [-0.2, 0) is 0 Å². The second-order valence-electron chi connectivity index (χ2n) is 14.6. The summed E-state index contributed by atoms with van der Waals surface area (Å²) in [7, 11) is 0. The van der Waals surface area contributed by atoms with E-state index >= 15 is 0 Å². The van der Waals surface area contributed by atoms with Crippen molar-refractivity contribution >= 4 is 0 Å². The molecule has 2 N–H and O–H groups in total. The van der Waals surface area contributed by atoms with Crippen LogP contribution in [0.5, 0.6) is 0 Å². The van der Waals surface area contributed by atoms with Gasteiger partial charge in [-0.1, -0.05) is 48.1 Å². The lowest BCUT2D eigenvalue weighted by Gasteiger charge is -2.74. The molecular formula is C30H52O2. The van der Waals surface area contributed by atoms with Crippen molar-refractivity contribution in [3.63, 3.8) is 0 Å². The summed E-state index contributed by atoms with van der Waals surface area (Å²) in [6.07, 6.45) is 13.0. The minimum absolute atomic E-state index is 0.118. The van der Waals surface area contributed by atoms with Crippen molar-refractivity contribution in [1.29, 1.82) is 0 Å². The summed E-state index contributed by atoms with van der Waals surface area (Å²) < 4.78 is 0. The summed E-state index contributed by atoms with van der Waals surface area (Å²) in [5.41, 5.74) is 1.94. The standard InChI is InChI=1S/C30H52O2/c1-21(2)30(32)12-11-22-27(6,23(30)10-9-19-31)16-18-29(8)24-20-25(3,4)13-14-26(24,5)15-17-28(22,29)7/h22-24,31-32H,1,9-20H2,2-8H3/t22-,23-,24-,26+,27+,28+,29-,30+/m1/s1. The van der Waals surface area contributed by atoms with Gasteiger partial charge < -0.3 is 10.2 Å². The molecule has 0 aromatic heterocycles. The third-order valence-electron chi connectivity index (χ3n) is 12.6. The molecule has 184 valence electrons. The van der Waals surface area contributed by atoms with Crippen molar-refractivity contribution in [2.75, 3.05) is 6.61 Å². The smallest absolute Gasteiger partial charge is 0.0884 e. The van der Waals surface area contributed by atoms with Crippen LogP contribution in [0.2, 0.25) is 0 Å². The molecule has 0 amide bonds. The highest BCUT2D eigenvalue weighted by atomic mass is 16.3. The van der Waals surface area contributed by atoms with E-state index in [-0.39, 0.29) is 17.9 Å². The molecule has 0 spiro atoms. The molecule has 0 heterocycles. The SMILES string of the molecule is C=C(C)[C@@]1(O)CC[C@@H]2[C@](C)(CC[C@]3(C)[C@@H]4CC(C)(C)CC[C@@]4(C)CC[C@@]23C)[C@H]1CCCO. The van der Waals surface area contributed by atoms with Gasteiger partial charge in [0.15, 0.2) is 0 Å². The Kier molecular flexibility index (Phi) is 5.87. The van der Waals surface area contributed by atoms with Gasteiger partial charge in [0.05, 0.1) is 5.60 Å². The van der Waals surface area contributed by atoms with Crippen LogP contribution in [0.1, 0.15) is 119 Å². The Morgan fingerprint density at radius 3 is 2.06 bits per heavy atom. The third kappa shape index (κ3) is 3.24. The molecule has 4 fully saturated rings. The molecule has 4 aliphatic rings. The van der Waals surface area contributed by atoms with Gasteiger partial charge in [-0.3, -0.25) is 0 Å². The van der Waals surface area contributed by atoms with Gasteiger partial charge in [-0.2, -0.15) is 0 Å².